The lowest BCUT2D eigenvalue weighted by atomic mass is 10.1. The standard InChI is InChI=1S/C14H19N3O2S2/c1-8(2)12-7-20-14(16-12)17-21(18,19)13-6-11(15)5-9(3)10(13)4/h5-8H,15H2,1-4H3,(H,16,17). The summed E-state index contributed by atoms with van der Waals surface area (Å²) < 4.78 is 27.5. The summed E-state index contributed by atoms with van der Waals surface area (Å²) in [5.74, 6) is 0.260. The topological polar surface area (TPSA) is 85.1 Å². The van der Waals surface area contributed by atoms with Crippen LogP contribution in [0, 0.1) is 13.8 Å². The molecular formula is C14H19N3O2S2. The van der Waals surface area contributed by atoms with Gasteiger partial charge in [0.2, 0.25) is 0 Å². The number of aromatic nitrogens is 1. The maximum Gasteiger partial charge on any atom is 0.264 e. The fraction of sp³-hybridized carbons (Fsp3) is 0.357. The summed E-state index contributed by atoms with van der Waals surface area (Å²) in [5.41, 5.74) is 8.60. The first-order valence-corrected chi connectivity index (χ1v) is 8.92. The van der Waals surface area contributed by atoms with Crippen LogP contribution in [-0.2, 0) is 10.0 Å². The van der Waals surface area contributed by atoms with E-state index in [9.17, 15) is 8.42 Å². The summed E-state index contributed by atoms with van der Waals surface area (Å²) in [6, 6.07) is 3.23. The molecule has 0 spiro atoms. The second kappa shape index (κ2) is 5.65. The van der Waals surface area contributed by atoms with Gasteiger partial charge in [0.1, 0.15) is 0 Å². The predicted molar refractivity (Wildman–Crippen MR) is 87.3 cm³/mol. The smallest absolute Gasteiger partial charge is 0.264 e. The van der Waals surface area contributed by atoms with E-state index in [0.29, 0.717) is 16.4 Å². The third-order valence-corrected chi connectivity index (χ3v) is 5.64. The second-order valence-electron chi connectivity index (χ2n) is 5.30. The Bertz CT molecular complexity index is 765. The lowest BCUT2D eigenvalue weighted by Gasteiger charge is -2.11. The lowest BCUT2D eigenvalue weighted by Crippen LogP contribution is -2.15. The number of sulfonamides is 1. The van der Waals surface area contributed by atoms with Crippen molar-refractivity contribution in [1.82, 2.24) is 4.98 Å². The fourth-order valence-corrected chi connectivity index (χ4v) is 4.38. The number of anilines is 2. The Hall–Kier alpha value is -1.60. The summed E-state index contributed by atoms with van der Waals surface area (Å²) >= 11 is 1.28. The number of nitrogens with zero attached hydrogens (tertiary/aromatic N) is 1. The third-order valence-electron chi connectivity index (χ3n) is 3.27. The number of aryl methyl sites for hydroxylation is 1. The van der Waals surface area contributed by atoms with Crippen molar-refractivity contribution in [2.75, 3.05) is 10.5 Å². The van der Waals surface area contributed by atoms with Crippen molar-refractivity contribution in [3.63, 3.8) is 0 Å². The van der Waals surface area contributed by atoms with Crippen molar-refractivity contribution < 1.29 is 8.42 Å². The summed E-state index contributed by atoms with van der Waals surface area (Å²) in [6.07, 6.45) is 0. The minimum absolute atomic E-state index is 0.196. The number of rotatable bonds is 4. The van der Waals surface area contributed by atoms with Gasteiger partial charge in [-0.25, -0.2) is 13.4 Å². The van der Waals surface area contributed by atoms with Crippen molar-refractivity contribution in [2.45, 2.75) is 38.5 Å². The van der Waals surface area contributed by atoms with Crippen LogP contribution in [0.15, 0.2) is 22.4 Å². The van der Waals surface area contributed by atoms with Gasteiger partial charge in [-0.15, -0.1) is 11.3 Å². The van der Waals surface area contributed by atoms with Crippen molar-refractivity contribution in [2.24, 2.45) is 0 Å². The molecule has 21 heavy (non-hydrogen) atoms. The molecule has 0 radical (unpaired) electrons. The van der Waals surface area contributed by atoms with Crippen LogP contribution < -0.4 is 10.5 Å². The van der Waals surface area contributed by atoms with Crippen molar-refractivity contribution in [1.29, 1.82) is 0 Å². The molecule has 0 saturated carbocycles. The van der Waals surface area contributed by atoms with Crippen molar-refractivity contribution in [3.05, 3.63) is 34.3 Å². The molecule has 0 saturated heterocycles. The molecule has 0 aliphatic heterocycles. The van der Waals surface area contributed by atoms with Crippen LogP contribution in [0.2, 0.25) is 0 Å². The number of nitrogen functional groups attached to an aromatic ring is 1. The Morgan fingerprint density at radius 1 is 1.29 bits per heavy atom. The number of nitrogens with two attached hydrogens (primary N) is 1. The van der Waals surface area contributed by atoms with Crippen LogP contribution in [0.25, 0.3) is 0 Å². The monoisotopic (exact) mass is 325 g/mol. The molecule has 0 amide bonds. The lowest BCUT2D eigenvalue weighted by molar-refractivity contribution is 0.600. The van der Waals surface area contributed by atoms with Gasteiger partial charge in [0, 0.05) is 11.1 Å². The highest BCUT2D eigenvalue weighted by Gasteiger charge is 2.20. The van der Waals surface area contributed by atoms with Crippen molar-refractivity contribution in [3.8, 4) is 0 Å². The molecule has 0 atom stereocenters. The van der Waals surface area contributed by atoms with E-state index >= 15 is 0 Å². The highest BCUT2D eigenvalue weighted by atomic mass is 32.2. The van der Waals surface area contributed by atoms with Gasteiger partial charge < -0.3 is 5.73 Å². The number of hydrogen-bond acceptors (Lipinski definition) is 5. The van der Waals surface area contributed by atoms with Crippen LogP contribution in [-0.4, -0.2) is 13.4 Å². The summed E-state index contributed by atoms with van der Waals surface area (Å²) in [5, 5.41) is 2.23. The highest BCUT2D eigenvalue weighted by molar-refractivity contribution is 7.93. The Balaban J connectivity index is 2.38. The molecule has 114 valence electrons. The zero-order chi connectivity index (χ0) is 15.8. The van der Waals surface area contributed by atoms with Gasteiger partial charge in [0.15, 0.2) is 5.13 Å². The first-order chi connectivity index (χ1) is 9.70. The van der Waals surface area contributed by atoms with E-state index in [-0.39, 0.29) is 10.8 Å². The molecular weight excluding hydrogens is 306 g/mol. The molecule has 7 heteroatoms. The molecule has 0 aliphatic rings. The minimum Gasteiger partial charge on any atom is -0.399 e. The highest BCUT2D eigenvalue weighted by Crippen LogP contribution is 2.27. The van der Waals surface area contributed by atoms with Crippen LogP contribution in [0.5, 0.6) is 0 Å². The fourth-order valence-electron chi connectivity index (χ4n) is 1.90. The first kappa shape index (κ1) is 15.8. The van der Waals surface area contributed by atoms with Crippen LogP contribution in [0.4, 0.5) is 10.8 Å². The van der Waals surface area contributed by atoms with Gasteiger partial charge in [-0.05, 0) is 43.0 Å². The van der Waals surface area contributed by atoms with E-state index in [0.717, 1.165) is 11.3 Å². The molecule has 0 aliphatic carbocycles. The van der Waals surface area contributed by atoms with E-state index in [2.05, 4.69) is 9.71 Å². The van der Waals surface area contributed by atoms with E-state index in [4.69, 9.17) is 5.73 Å². The SMILES string of the molecule is Cc1cc(N)cc(S(=O)(=O)Nc2nc(C(C)C)cs2)c1C. The molecule has 5 nitrogen and oxygen atoms in total. The molecule has 2 aromatic rings. The Morgan fingerprint density at radius 2 is 1.95 bits per heavy atom. The Kier molecular flexibility index (Phi) is 4.25. The Morgan fingerprint density at radius 3 is 2.52 bits per heavy atom. The van der Waals surface area contributed by atoms with Gasteiger partial charge in [-0.3, -0.25) is 4.72 Å². The maximum atomic E-state index is 12.5. The van der Waals surface area contributed by atoms with Crippen molar-refractivity contribution >= 4 is 32.2 Å². The molecule has 1 aromatic heterocycles. The van der Waals surface area contributed by atoms with E-state index < -0.39 is 10.0 Å². The third kappa shape index (κ3) is 3.36. The molecule has 3 N–H and O–H groups in total. The zero-order valence-electron chi connectivity index (χ0n) is 12.5. The van der Waals surface area contributed by atoms with E-state index in [1.807, 2.05) is 26.2 Å². The second-order valence-corrected chi connectivity index (χ2v) is 7.81. The molecule has 0 unspecified atom stereocenters. The van der Waals surface area contributed by atoms with E-state index in [1.165, 1.54) is 17.4 Å². The number of thiazole rings is 1. The number of nitrogens with one attached hydrogen (secondary N) is 1. The Labute approximate surface area is 129 Å². The predicted octanol–water partition coefficient (Wildman–Crippen LogP) is 3.27. The average Bonchev–Trinajstić information content (AvgIpc) is 2.81. The normalized spacial score (nSPS) is 11.9. The van der Waals surface area contributed by atoms with Crippen LogP contribution in [0.1, 0.15) is 36.6 Å². The zero-order valence-corrected chi connectivity index (χ0v) is 14.1. The molecule has 1 aromatic carbocycles. The number of hydrogen-bond donors (Lipinski definition) is 2. The van der Waals surface area contributed by atoms with Gasteiger partial charge in [0.05, 0.1) is 10.6 Å². The summed E-state index contributed by atoms with van der Waals surface area (Å²) in [4.78, 5) is 4.49. The average molecular weight is 325 g/mol. The summed E-state index contributed by atoms with van der Waals surface area (Å²) in [6.45, 7) is 7.63. The minimum atomic E-state index is -3.68. The first-order valence-electron chi connectivity index (χ1n) is 6.55. The van der Waals surface area contributed by atoms with Gasteiger partial charge >= 0.3 is 0 Å². The molecule has 0 fully saturated rings. The largest absolute Gasteiger partial charge is 0.399 e. The maximum absolute atomic E-state index is 12.5. The van der Waals surface area contributed by atoms with Gasteiger partial charge in [-0.1, -0.05) is 13.8 Å². The van der Waals surface area contributed by atoms with E-state index in [1.54, 1.807) is 13.0 Å². The van der Waals surface area contributed by atoms with Crippen LogP contribution >= 0.6 is 11.3 Å². The van der Waals surface area contributed by atoms with Gasteiger partial charge in [-0.2, -0.15) is 0 Å². The van der Waals surface area contributed by atoms with Gasteiger partial charge in [0.25, 0.3) is 10.0 Å². The molecule has 1 heterocycles. The summed E-state index contributed by atoms with van der Waals surface area (Å²) in [7, 11) is -3.68. The quantitative estimate of drug-likeness (QED) is 0.845. The number of benzene rings is 1. The molecule has 2 rings (SSSR count). The molecule has 0 bridgehead atoms. The van der Waals surface area contributed by atoms with Crippen LogP contribution in [0.3, 0.4) is 0 Å².